The lowest BCUT2D eigenvalue weighted by Gasteiger charge is -2.33. The predicted molar refractivity (Wildman–Crippen MR) is 121 cm³/mol. The minimum Gasteiger partial charge on any atom is -0.490 e. The van der Waals surface area contributed by atoms with Crippen LogP contribution in [0.25, 0.3) is 0 Å². The molecule has 2 aliphatic heterocycles. The molecular formula is C22H34ClN3O5. The Labute approximate surface area is 190 Å². The molecule has 2 heterocycles. The highest BCUT2D eigenvalue weighted by atomic mass is 35.5. The number of anilines is 1. The van der Waals surface area contributed by atoms with Crippen LogP contribution in [0, 0.1) is 0 Å². The SMILES string of the molecule is CC(C)(C)OC(=O)NC1CCN(CC(O)COc2cccc3c2CCC(=O)N3)CC1.Cl. The fraction of sp³-hybridized carbons (Fsp3) is 0.636. The number of amides is 2. The third kappa shape index (κ3) is 7.87. The molecule has 3 rings (SSSR count). The standard InChI is InChI=1S/C22H33N3O5.ClH/c1-22(2,3)30-21(28)23-15-9-11-25(12-10-15)13-16(26)14-29-19-6-4-5-18-17(19)7-8-20(27)24-18;/h4-6,15-16,26H,7-14H2,1-3H3,(H,23,28)(H,24,27);1H. The third-order valence-electron chi connectivity index (χ3n) is 5.22. The molecular weight excluding hydrogens is 422 g/mol. The minimum atomic E-state index is -0.616. The maximum Gasteiger partial charge on any atom is 0.407 e. The fourth-order valence-corrected chi connectivity index (χ4v) is 3.80. The molecule has 0 aromatic heterocycles. The van der Waals surface area contributed by atoms with Crippen LogP contribution >= 0.6 is 12.4 Å². The van der Waals surface area contributed by atoms with Gasteiger partial charge in [-0.2, -0.15) is 0 Å². The molecule has 9 heteroatoms. The van der Waals surface area contributed by atoms with Crippen molar-refractivity contribution in [3.05, 3.63) is 23.8 Å². The molecule has 1 aromatic rings. The Morgan fingerprint density at radius 1 is 1.29 bits per heavy atom. The second kappa shape index (κ2) is 11.0. The summed E-state index contributed by atoms with van der Waals surface area (Å²) in [5.74, 6) is 0.732. The van der Waals surface area contributed by atoms with Crippen molar-refractivity contribution in [3.8, 4) is 5.75 Å². The number of rotatable bonds is 6. The van der Waals surface area contributed by atoms with E-state index in [1.165, 1.54) is 0 Å². The van der Waals surface area contributed by atoms with E-state index in [0.717, 1.165) is 37.2 Å². The van der Waals surface area contributed by atoms with Crippen molar-refractivity contribution in [1.29, 1.82) is 0 Å². The van der Waals surface area contributed by atoms with Crippen LogP contribution in [0.5, 0.6) is 5.75 Å². The van der Waals surface area contributed by atoms with Gasteiger partial charge in [0, 0.05) is 43.3 Å². The van der Waals surface area contributed by atoms with Crippen LogP contribution in [0.2, 0.25) is 0 Å². The predicted octanol–water partition coefficient (Wildman–Crippen LogP) is 2.72. The number of carbonyl (C=O) groups excluding carboxylic acids is 2. The average Bonchev–Trinajstić information content (AvgIpc) is 2.66. The number of β-amino-alcohol motifs (C(OH)–C–C–N with tert-alkyl or cyclic N) is 1. The van der Waals surface area contributed by atoms with E-state index in [0.29, 0.717) is 25.1 Å². The van der Waals surface area contributed by atoms with Crippen LogP contribution in [0.4, 0.5) is 10.5 Å². The molecule has 174 valence electrons. The van der Waals surface area contributed by atoms with Crippen molar-refractivity contribution < 1.29 is 24.2 Å². The number of halogens is 1. The molecule has 1 fully saturated rings. The van der Waals surface area contributed by atoms with Gasteiger partial charge in [0.05, 0.1) is 0 Å². The molecule has 31 heavy (non-hydrogen) atoms. The maximum atomic E-state index is 11.9. The number of aliphatic hydroxyl groups excluding tert-OH is 1. The van der Waals surface area contributed by atoms with Gasteiger partial charge in [-0.05, 0) is 52.2 Å². The summed E-state index contributed by atoms with van der Waals surface area (Å²) in [7, 11) is 0. The molecule has 1 atom stereocenters. The zero-order valence-electron chi connectivity index (χ0n) is 18.5. The van der Waals surface area contributed by atoms with Crippen LogP contribution in [0.15, 0.2) is 18.2 Å². The Kier molecular flexibility index (Phi) is 8.97. The lowest BCUT2D eigenvalue weighted by molar-refractivity contribution is -0.116. The van der Waals surface area contributed by atoms with Crippen LogP contribution in [0.1, 0.15) is 45.6 Å². The van der Waals surface area contributed by atoms with Gasteiger partial charge in [-0.25, -0.2) is 4.79 Å². The van der Waals surface area contributed by atoms with E-state index >= 15 is 0 Å². The summed E-state index contributed by atoms with van der Waals surface area (Å²) in [6.45, 7) is 7.85. The number of alkyl carbamates (subject to hydrolysis) is 1. The molecule has 2 amide bonds. The second-order valence-electron chi connectivity index (χ2n) is 9.02. The van der Waals surface area contributed by atoms with Crippen molar-refractivity contribution in [2.24, 2.45) is 0 Å². The fourth-order valence-electron chi connectivity index (χ4n) is 3.80. The molecule has 0 radical (unpaired) electrons. The van der Waals surface area contributed by atoms with Gasteiger partial charge in [-0.1, -0.05) is 6.07 Å². The average molecular weight is 456 g/mol. The van der Waals surface area contributed by atoms with Gasteiger partial charge >= 0.3 is 6.09 Å². The van der Waals surface area contributed by atoms with Gasteiger partial charge in [0.15, 0.2) is 0 Å². The quantitative estimate of drug-likeness (QED) is 0.609. The zero-order valence-corrected chi connectivity index (χ0v) is 19.3. The topological polar surface area (TPSA) is 100 Å². The summed E-state index contributed by atoms with van der Waals surface area (Å²) < 4.78 is 11.2. The number of carbonyl (C=O) groups is 2. The van der Waals surface area contributed by atoms with Crippen molar-refractivity contribution >= 4 is 30.1 Å². The zero-order chi connectivity index (χ0) is 21.7. The van der Waals surface area contributed by atoms with E-state index in [2.05, 4.69) is 15.5 Å². The van der Waals surface area contributed by atoms with E-state index in [9.17, 15) is 14.7 Å². The van der Waals surface area contributed by atoms with Gasteiger partial charge in [0.2, 0.25) is 5.91 Å². The third-order valence-corrected chi connectivity index (χ3v) is 5.22. The number of piperidine rings is 1. The van der Waals surface area contributed by atoms with Crippen molar-refractivity contribution in [3.63, 3.8) is 0 Å². The summed E-state index contributed by atoms with van der Waals surface area (Å²) >= 11 is 0. The first-order chi connectivity index (χ1) is 14.2. The van der Waals surface area contributed by atoms with Crippen molar-refractivity contribution in [1.82, 2.24) is 10.2 Å². The number of hydrogen-bond donors (Lipinski definition) is 3. The van der Waals surface area contributed by atoms with E-state index in [1.807, 2.05) is 39.0 Å². The Morgan fingerprint density at radius 2 is 2.00 bits per heavy atom. The Morgan fingerprint density at radius 3 is 2.68 bits per heavy atom. The summed E-state index contributed by atoms with van der Waals surface area (Å²) in [6.07, 6.45) is 1.73. The Bertz CT molecular complexity index is 760. The molecule has 3 N–H and O–H groups in total. The monoisotopic (exact) mass is 455 g/mol. The molecule has 2 aliphatic rings. The normalized spacial score (nSPS) is 18.3. The largest absolute Gasteiger partial charge is 0.490 e. The van der Waals surface area contributed by atoms with Crippen LogP contribution in [-0.2, 0) is 16.0 Å². The molecule has 1 aromatic carbocycles. The molecule has 1 saturated heterocycles. The maximum absolute atomic E-state index is 11.9. The smallest absolute Gasteiger partial charge is 0.407 e. The highest BCUT2D eigenvalue weighted by Gasteiger charge is 2.25. The van der Waals surface area contributed by atoms with Gasteiger partial charge in [0.1, 0.15) is 24.1 Å². The molecule has 8 nitrogen and oxygen atoms in total. The summed E-state index contributed by atoms with van der Waals surface area (Å²) in [6, 6.07) is 5.67. The van der Waals surface area contributed by atoms with Crippen molar-refractivity contribution in [2.75, 3.05) is 31.6 Å². The minimum absolute atomic E-state index is 0. The first-order valence-corrected chi connectivity index (χ1v) is 10.6. The van der Waals surface area contributed by atoms with E-state index in [-0.39, 0.29) is 37.1 Å². The summed E-state index contributed by atoms with van der Waals surface area (Å²) in [4.78, 5) is 25.6. The Hall–Kier alpha value is -2.03. The van der Waals surface area contributed by atoms with E-state index < -0.39 is 11.7 Å². The number of fused-ring (bicyclic) bond motifs is 1. The second-order valence-corrected chi connectivity index (χ2v) is 9.02. The first-order valence-electron chi connectivity index (χ1n) is 10.6. The van der Waals surface area contributed by atoms with Crippen LogP contribution < -0.4 is 15.4 Å². The number of ether oxygens (including phenoxy) is 2. The highest BCUT2D eigenvalue weighted by molar-refractivity contribution is 5.94. The lowest BCUT2D eigenvalue weighted by Crippen LogP contribution is -2.48. The van der Waals surface area contributed by atoms with Gasteiger partial charge in [-0.3, -0.25) is 4.79 Å². The summed E-state index contributed by atoms with van der Waals surface area (Å²) in [5.41, 5.74) is 1.27. The lowest BCUT2D eigenvalue weighted by atomic mass is 10.0. The van der Waals surface area contributed by atoms with Crippen LogP contribution in [0.3, 0.4) is 0 Å². The highest BCUT2D eigenvalue weighted by Crippen LogP contribution is 2.31. The summed E-state index contributed by atoms with van der Waals surface area (Å²) in [5, 5.41) is 16.2. The molecule has 1 unspecified atom stereocenters. The van der Waals surface area contributed by atoms with Gasteiger partial charge in [0.25, 0.3) is 0 Å². The van der Waals surface area contributed by atoms with Gasteiger partial charge < -0.3 is 30.1 Å². The number of benzene rings is 1. The molecule has 0 bridgehead atoms. The number of hydrogen-bond acceptors (Lipinski definition) is 6. The molecule has 0 aliphatic carbocycles. The number of likely N-dealkylation sites (tertiary alicyclic amines) is 1. The number of nitrogens with one attached hydrogen (secondary N) is 2. The Balaban J connectivity index is 0.00000341. The first kappa shape index (κ1) is 25.2. The molecule has 0 saturated carbocycles. The van der Waals surface area contributed by atoms with Crippen molar-refractivity contribution in [2.45, 2.75) is 64.2 Å². The number of aliphatic hydroxyl groups is 1. The van der Waals surface area contributed by atoms with Crippen LogP contribution in [-0.4, -0.2) is 66.0 Å². The number of nitrogens with zero attached hydrogens (tertiary/aromatic N) is 1. The van der Waals surface area contributed by atoms with Gasteiger partial charge in [-0.15, -0.1) is 12.4 Å². The molecule has 0 spiro atoms. The van der Waals surface area contributed by atoms with E-state index in [4.69, 9.17) is 9.47 Å². The van der Waals surface area contributed by atoms with E-state index in [1.54, 1.807) is 0 Å².